The summed E-state index contributed by atoms with van der Waals surface area (Å²) in [7, 11) is -3.46. The summed E-state index contributed by atoms with van der Waals surface area (Å²) in [4.78, 5) is 0.243. The highest BCUT2D eigenvalue weighted by Gasteiger charge is 2.13. The summed E-state index contributed by atoms with van der Waals surface area (Å²) >= 11 is 0. The number of aryl methyl sites for hydroxylation is 1. The van der Waals surface area contributed by atoms with Crippen molar-refractivity contribution in [1.29, 1.82) is 0 Å². The molecule has 0 fully saturated rings. The predicted octanol–water partition coefficient (Wildman–Crippen LogP) is 1.92. The van der Waals surface area contributed by atoms with E-state index in [1.54, 1.807) is 19.1 Å². The van der Waals surface area contributed by atoms with Crippen molar-refractivity contribution in [3.05, 3.63) is 23.8 Å². The van der Waals surface area contributed by atoms with Crippen LogP contribution in [0.15, 0.2) is 23.1 Å². The Bertz CT molecular complexity index is 527. The van der Waals surface area contributed by atoms with Crippen LogP contribution in [-0.2, 0) is 14.8 Å². The van der Waals surface area contributed by atoms with Crippen LogP contribution in [-0.4, -0.2) is 28.2 Å². The molecule has 0 aliphatic heterocycles. The molecule has 3 N–H and O–H groups in total. The molecule has 0 amide bonds. The molecule has 1 aromatic rings. The Morgan fingerprint density at radius 1 is 1.35 bits per heavy atom. The van der Waals surface area contributed by atoms with Crippen molar-refractivity contribution in [2.24, 2.45) is 5.92 Å². The van der Waals surface area contributed by atoms with Crippen LogP contribution in [0, 0.1) is 12.8 Å². The van der Waals surface area contributed by atoms with E-state index in [0.29, 0.717) is 37.8 Å². The van der Waals surface area contributed by atoms with Gasteiger partial charge in [0.25, 0.3) is 0 Å². The Morgan fingerprint density at radius 3 is 2.65 bits per heavy atom. The molecule has 0 aliphatic carbocycles. The minimum absolute atomic E-state index is 0.243. The van der Waals surface area contributed by atoms with Crippen LogP contribution in [0.4, 0.5) is 5.69 Å². The number of hydrogen-bond donors (Lipinski definition) is 2. The summed E-state index contributed by atoms with van der Waals surface area (Å²) in [5, 5.41) is 0. The number of ether oxygens (including phenoxy) is 1. The maximum Gasteiger partial charge on any atom is 0.240 e. The number of nitrogen functional groups attached to an aromatic ring is 1. The number of nitrogens with one attached hydrogen (secondary N) is 1. The molecular weight excluding hydrogens is 276 g/mol. The number of sulfonamides is 1. The zero-order chi connectivity index (χ0) is 15.2. The molecule has 0 radical (unpaired) electrons. The molecule has 0 spiro atoms. The molecule has 0 bridgehead atoms. The zero-order valence-electron chi connectivity index (χ0n) is 12.3. The van der Waals surface area contributed by atoms with Crippen molar-refractivity contribution < 1.29 is 13.2 Å². The second kappa shape index (κ2) is 7.61. The van der Waals surface area contributed by atoms with Gasteiger partial charge in [-0.2, -0.15) is 0 Å². The molecule has 0 aliphatic rings. The fraction of sp³-hybridized carbons (Fsp3) is 0.571. The van der Waals surface area contributed by atoms with Gasteiger partial charge >= 0.3 is 0 Å². The first-order chi connectivity index (χ1) is 9.33. The van der Waals surface area contributed by atoms with Crippen LogP contribution in [0.25, 0.3) is 0 Å². The summed E-state index contributed by atoms with van der Waals surface area (Å²) in [5.74, 6) is 0.490. The Balaban J connectivity index is 2.43. The SMILES string of the molecule is Cc1cc(S(=O)(=O)NCCCOCC(C)C)ccc1N. The van der Waals surface area contributed by atoms with E-state index in [4.69, 9.17) is 10.5 Å². The average molecular weight is 300 g/mol. The van der Waals surface area contributed by atoms with E-state index in [9.17, 15) is 8.42 Å². The van der Waals surface area contributed by atoms with Gasteiger partial charge in [0.05, 0.1) is 4.90 Å². The first kappa shape index (κ1) is 16.9. The van der Waals surface area contributed by atoms with Crippen LogP contribution in [0.1, 0.15) is 25.8 Å². The predicted molar refractivity (Wildman–Crippen MR) is 81.1 cm³/mol. The molecule has 0 aromatic heterocycles. The highest BCUT2D eigenvalue weighted by atomic mass is 32.2. The minimum atomic E-state index is -3.46. The fourth-order valence-corrected chi connectivity index (χ4v) is 2.76. The lowest BCUT2D eigenvalue weighted by Crippen LogP contribution is -2.25. The Morgan fingerprint density at radius 2 is 2.05 bits per heavy atom. The minimum Gasteiger partial charge on any atom is -0.399 e. The van der Waals surface area contributed by atoms with Gasteiger partial charge in [-0.15, -0.1) is 0 Å². The molecule has 0 saturated carbocycles. The van der Waals surface area contributed by atoms with Crippen LogP contribution in [0.3, 0.4) is 0 Å². The van der Waals surface area contributed by atoms with Gasteiger partial charge in [0, 0.05) is 25.4 Å². The molecule has 0 atom stereocenters. The van der Waals surface area contributed by atoms with Crippen molar-refractivity contribution in [2.75, 3.05) is 25.5 Å². The number of benzene rings is 1. The quantitative estimate of drug-likeness (QED) is 0.567. The second-order valence-electron chi connectivity index (χ2n) is 5.24. The van der Waals surface area contributed by atoms with Crippen molar-refractivity contribution in [3.63, 3.8) is 0 Å². The zero-order valence-corrected chi connectivity index (χ0v) is 13.2. The van der Waals surface area contributed by atoms with Crippen LogP contribution < -0.4 is 10.5 Å². The highest BCUT2D eigenvalue weighted by Crippen LogP contribution is 2.16. The van der Waals surface area contributed by atoms with Gasteiger partial charge in [-0.05, 0) is 43.0 Å². The van der Waals surface area contributed by atoms with Crippen molar-refractivity contribution >= 4 is 15.7 Å². The monoisotopic (exact) mass is 300 g/mol. The van der Waals surface area contributed by atoms with E-state index in [-0.39, 0.29) is 4.90 Å². The maximum atomic E-state index is 12.0. The molecule has 5 nitrogen and oxygen atoms in total. The van der Waals surface area contributed by atoms with E-state index in [1.807, 2.05) is 0 Å². The standard InChI is InChI=1S/C14H24N2O3S/c1-11(2)10-19-8-4-7-16-20(17,18)13-5-6-14(15)12(3)9-13/h5-6,9,11,16H,4,7-8,10,15H2,1-3H3. The lowest BCUT2D eigenvalue weighted by molar-refractivity contribution is 0.108. The molecule has 20 heavy (non-hydrogen) atoms. The fourth-order valence-electron chi connectivity index (χ4n) is 1.60. The van der Waals surface area contributed by atoms with Gasteiger partial charge in [0.15, 0.2) is 0 Å². The summed E-state index contributed by atoms with van der Waals surface area (Å²) in [6.07, 6.45) is 0.653. The molecule has 1 rings (SSSR count). The van der Waals surface area contributed by atoms with Crippen LogP contribution >= 0.6 is 0 Å². The number of nitrogens with two attached hydrogens (primary N) is 1. The van der Waals surface area contributed by atoms with Crippen molar-refractivity contribution in [3.8, 4) is 0 Å². The Hall–Kier alpha value is -1.11. The smallest absolute Gasteiger partial charge is 0.240 e. The highest BCUT2D eigenvalue weighted by molar-refractivity contribution is 7.89. The molecule has 6 heteroatoms. The Labute approximate surface area is 121 Å². The normalized spacial score (nSPS) is 12.0. The van der Waals surface area contributed by atoms with Crippen LogP contribution in [0.2, 0.25) is 0 Å². The average Bonchev–Trinajstić information content (AvgIpc) is 2.36. The van der Waals surface area contributed by atoms with Gasteiger partial charge in [0.2, 0.25) is 10.0 Å². The van der Waals surface area contributed by atoms with Gasteiger partial charge < -0.3 is 10.5 Å². The lowest BCUT2D eigenvalue weighted by Gasteiger charge is -2.09. The summed E-state index contributed by atoms with van der Waals surface area (Å²) in [6.45, 7) is 7.56. The maximum absolute atomic E-state index is 12.0. The largest absolute Gasteiger partial charge is 0.399 e. The Kier molecular flexibility index (Phi) is 6.45. The van der Waals surface area contributed by atoms with Crippen molar-refractivity contribution in [2.45, 2.75) is 32.1 Å². The van der Waals surface area contributed by atoms with Gasteiger partial charge in [-0.3, -0.25) is 0 Å². The molecule has 1 aromatic carbocycles. The van der Waals surface area contributed by atoms with E-state index >= 15 is 0 Å². The molecule has 0 heterocycles. The first-order valence-electron chi connectivity index (χ1n) is 6.76. The second-order valence-corrected chi connectivity index (χ2v) is 7.01. The summed E-state index contributed by atoms with van der Waals surface area (Å²) in [5.41, 5.74) is 7.03. The lowest BCUT2D eigenvalue weighted by atomic mass is 10.2. The summed E-state index contributed by atoms with van der Waals surface area (Å²) in [6, 6.07) is 4.70. The molecule has 0 unspecified atom stereocenters. The summed E-state index contributed by atoms with van der Waals surface area (Å²) < 4.78 is 32.0. The number of hydrogen-bond acceptors (Lipinski definition) is 4. The van der Waals surface area contributed by atoms with Crippen molar-refractivity contribution in [1.82, 2.24) is 4.72 Å². The third-order valence-corrected chi connectivity index (χ3v) is 4.22. The topological polar surface area (TPSA) is 81.4 Å². The third kappa shape index (κ3) is 5.48. The van der Waals surface area contributed by atoms with Gasteiger partial charge in [-0.1, -0.05) is 13.8 Å². The number of rotatable bonds is 8. The van der Waals surface area contributed by atoms with E-state index < -0.39 is 10.0 Å². The van der Waals surface area contributed by atoms with E-state index in [1.165, 1.54) is 6.07 Å². The first-order valence-corrected chi connectivity index (χ1v) is 8.25. The van der Waals surface area contributed by atoms with E-state index in [2.05, 4.69) is 18.6 Å². The van der Waals surface area contributed by atoms with Crippen LogP contribution in [0.5, 0.6) is 0 Å². The van der Waals surface area contributed by atoms with Gasteiger partial charge in [0.1, 0.15) is 0 Å². The van der Waals surface area contributed by atoms with E-state index in [0.717, 1.165) is 5.56 Å². The molecule has 0 saturated heterocycles. The molecule has 114 valence electrons. The van der Waals surface area contributed by atoms with Gasteiger partial charge in [-0.25, -0.2) is 13.1 Å². The number of anilines is 1. The third-order valence-electron chi connectivity index (χ3n) is 2.76. The molecular formula is C14H24N2O3S.